The number of aryl methyl sites for hydroxylation is 2. The van der Waals surface area contributed by atoms with Gasteiger partial charge in [0, 0.05) is 10.6 Å². The molecule has 1 fully saturated rings. The van der Waals surface area contributed by atoms with Gasteiger partial charge in [0.25, 0.3) is 11.8 Å². The van der Waals surface area contributed by atoms with Crippen molar-refractivity contribution in [1.82, 2.24) is 9.99 Å². The lowest BCUT2D eigenvalue weighted by molar-refractivity contribution is -0.123. The van der Waals surface area contributed by atoms with Gasteiger partial charge in [0.15, 0.2) is 12.1 Å². The first-order valence-corrected chi connectivity index (χ1v) is 10.1. The Morgan fingerprint density at radius 1 is 1.00 bits per heavy atom. The molecule has 5 rings (SSSR count). The van der Waals surface area contributed by atoms with Gasteiger partial charge >= 0.3 is 0 Å². The largest absolute Gasteiger partial charge is 0.441 e. The lowest BCUT2D eigenvalue weighted by Gasteiger charge is -2.19. The van der Waals surface area contributed by atoms with E-state index in [1.165, 1.54) is 5.01 Å². The van der Waals surface area contributed by atoms with Gasteiger partial charge in [-0.2, -0.15) is 5.11 Å². The summed E-state index contributed by atoms with van der Waals surface area (Å²) >= 11 is 5.92. The number of halogens is 1. The predicted octanol–water partition coefficient (Wildman–Crippen LogP) is 4.11. The molecule has 2 aromatic carbocycles. The van der Waals surface area contributed by atoms with Crippen LogP contribution in [-0.4, -0.2) is 33.9 Å². The number of oxazole rings is 1. The maximum Gasteiger partial charge on any atom is 0.263 e. The van der Waals surface area contributed by atoms with Crippen LogP contribution in [0.4, 0.5) is 5.69 Å². The van der Waals surface area contributed by atoms with E-state index in [2.05, 4.69) is 15.3 Å². The van der Waals surface area contributed by atoms with Crippen LogP contribution in [0.3, 0.4) is 0 Å². The van der Waals surface area contributed by atoms with Gasteiger partial charge in [-0.25, -0.2) is 9.88 Å². The van der Waals surface area contributed by atoms with E-state index in [0.717, 1.165) is 16.0 Å². The molecule has 2 aliphatic rings. The predicted molar refractivity (Wildman–Crippen MR) is 113 cm³/mol. The lowest BCUT2D eigenvalue weighted by Crippen LogP contribution is -2.39. The Kier molecular flexibility index (Phi) is 4.59. The fourth-order valence-electron chi connectivity index (χ4n) is 3.75. The van der Waals surface area contributed by atoms with Crippen LogP contribution >= 0.6 is 11.6 Å². The van der Waals surface area contributed by atoms with Crippen molar-refractivity contribution in [2.45, 2.75) is 32.5 Å². The van der Waals surface area contributed by atoms with Crippen LogP contribution in [0, 0.1) is 13.8 Å². The highest BCUT2D eigenvalue weighted by Gasteiger charge is 2.54. The van der Waals surface area contributed by atoms with Crippen LogP contribution < -0.4 is 4.90 Å². The Balaban J connectivity index is 1.39. The molecule has 1 aromatic heterocycles. The van der Waals surface area contributed by atoms with Crippen molar-refractivity contribution in [3.8, 4) is 11.5 Å². The van der Waals surface area contributed by atoms with Crippen LogP contribution in [0.2, 0.25) is 5.02 Å². The zero-order chi connectivity index (χ0) is 21.7. The molecule has 3 heterocycles. The molecule has 2 amide bonds. The zero-order valence-electron chi connectivity index (χ0n) is 16.8. The molecule has 0 aliphatic carbocycles. The number of nitrogens with zero attached hydrogens (tertiary/aromatic N) is 5. The minimum atomic E-state index is -0.869. The number of benzene rings is 2. The summed E-state index contributed by atoms with van der Waals surface area (Å²) in [5.41, 5.74) is 3.11. The third-order valence-corrected chi connectivity index (χ3v) is 5.70. The average Bonchev–Trinajstić information content (AvgIpc) is 3.40. The molecule has 0 N–H and O–H groups in total. The molecule has 1 saturated heterocycles. The molecule has 31 heavy (non-hydrogen) atoms. The first-order chi connectivity index (χ1) is 14.9. The van der Waals surface area contributed by atoms with Gasteiger partial charge < -0.3 is 4.42 Å². The Labute approximate surface area is 183 Å². The van der Waals surface area contributed by atoms with E-state index < -0.39 is 18.0 Å². The highest BCUT2D eigenvalue weighted by atomic mass is 35.5. The van der Waals surface area contributed by atoms with Gasteiger partial charge in [-0.3, -0.25) is 14.6 Å². The Morgan fingerprint density at radius 2 is 1.71 bits per heavy atom. The van der Waals surface area contributed by atoms with Crippen LogP contribution in [0.25, 0.3) is 11.5 Å². The van der Waals surface area contributed by atoms with Crippen LogP contribution in [0.15, 0.2) is 63.3 Å². The fourth-order valence-corrected chi connectivity index (χ4v) is 3.87. The maximum absolute atomic E-state index is 13.1. The molecule has 8 nitrogen and oxygen atoms in total. The number of hydrogen-bond acceptors (Lipinski definition) is 7. The topological polar surface area (TPSA) is 91.4 Å². The number of anilines is 1. The monoisotopic (exact) mass is 435 g/mol. The summed E-state index contributed by atoms with van der Waals surface area (Å²) in [4.78, 5) is 31.6. The number of carbonyl (C=O) groups excluding carboxylic acids is 2. The molecule has 9 heteroatoms. The molecule has 0 saturated carbocycles. The van der Waals surface area contributed by atoms with Crippen molar-refractivity contribution in [2.24, 2.45) is 10.3 Å². The SMILES string of the molecule is Cc1ccc(-c2nc(CN3N=N[C@@H]4C(=O)N(c5ccc(Cl)cc5)C(=O)[C@@H]43)c(C)o2)cc1. The van der Waals surface area contributed by atoms with E-state index in [9.17, 15) is 9.59 Å². The first-order valence-electron chi connectivity index (χ1n) is 9.76. The third kappa shape index (κ3) is 3.29. The quantitative estimate of drug-likeness (QED) is 0.575. The minimum absolute atomic E-state index is 0.208. The zero-order valence-corrected chi connectivity index (χ0v) is 17.6. The van der Waals surface area contributed by atoms with Crippen molar-refractivity contribution in [1.29, 1.82) is 0 Å². The molecule has 2 aliphatic heterocycles. The standard InChI is InChI=1S/C22H18ClN5O3/c1-12-3-5-14(6-4-12)20-24-17(13(2)31-20)11-27-19-18(25-26-27)21(29)28(22(19)30)16-9-7-15(23)8-10-16/h3-10,18-19H,11H2,1-2H3/t18-,19+/m0/s1. The van der Waals surface area contributed by atoms with E-state index in [4.69, 9.17) is 16.0 Å². The molecule has 156 valence electrons. The average molecular weight is 436 g/mol. The number of carbonyl (C=O) groups is 2. The number of amides is 2. The van der Waals surface area contributed by atoms with Crippen molar-refractivity contribution in [2.75, 3.05) is 4.90 Å². The van der Waals surface area contributed by atoms with Gasteiger partial charge in [0.1, 0.15) is 11.5 Å². The van der Waals surface area contributed by atoms with Crippen molar-refractivity contribution in [3.05, 3.63) is 70.6 Å². The maximum atomic E-state index is 13.1. The Hall–Kier alpha value is -3.52. The second-order valence-electron chi connectivity index (χ2n) is 7.57. The van der Waals surface area contributed by atoms with Crippen LogP contribution in [-0.2, 0) is 16.1 Å². The van der Waals surface area contributed by atoms with Crippen molar-refractivity contribution < 1.29 is 14.0 Å². The van der Waals surface area contributed by atoms with Gasteiger partial charge in [-0.15, -0.1) is 0 Å². The van der Waals surface area contributed by atoms with E-state index in [-0.39, 0.29) is 12.5 Å². The van der Waals surface area contributed by atoms with Gasteiger partial charge in [-0.05, 0) is 50.2 Å². The summed E-state index contributed by atoms with van der Waals surface area (Å²) in [6.07, 6.45) is 0. The summed E-state index contributed by atoms with van der Waals surface area (Å²) in [6.45, 7) is 4.03. The Morgan fingerprint density at radius 3 is 2.42 bits per heavy atom. The minimum Gasteiger partial charge on any atom is -0.441 e. The number of hydrogen-bond donors (Lipinski definition) is 0. The highest BCUT2D eigenvalue weighted by Crippen LogP contribution is 2.34. The summed E-state index contributed by atoms with van der Waals surface area (Å²) in [6, 6.07) is 12.7. The molecule has 0 radical (unpaired) electrons. The van der Waals surface area contributed by atoms with Crippen molar-refractivity contribution in [3.63, 3.8) is 0 Å². The molecule has 0 unspecified atom stereocenters. The van der Waals surface area contributed by atoms with E-state index >= 15 is 0 Å². The molecular formula is C22H18ClN5O3. The number of aromatic nitrogens is 1. The van der Waals surface area contributed by atoms with Crippen molar-refractivity contribution >= 4 is 29.1 Å². The molecule has 0 spiro atoms. The molecular weight excluding hydrogens is 418 g/mol. The third-order valence-electron chi connectivity index (χ3n) is 5.45. The summed E-state index contributed by atoms with van der Waals surface area (Å²) in [5.74, 6) is 0.348. The number of imide groups is 1. The smallest absolute Gasteiger partial charge is 0.263 e. The van der Waals surface area contributed by atoms with Gasteiger partial charge in [-0.1, -0.05) is 34.5 Å². The lowest BCUT2D eigenvalue weighted by atomic mass is 10.1. The Bertz CT molecular complexity index is 1200. The van der Waals surface area contributed by atoms with E-state index in [1.807, 2.05) is 38.1 Å². The highest BCUT2D eigenvalue weighted by molar-refractivity contribution is 6.31. The van der Waals surface area contributed by atoms with Gasteiger partial charge in [0.2, 0.25) is 5.89 Å². The summed E-state index contributed by atoms with van der Waals surface area (Å²) in [7, 11) is 0. The normalized spacial score (nSPS) is 20.1. The second kappa shape index (κ2) is 7.31. The first kappa shape index (κ1) is 19.4. The number of fused-ring (bicyclic) bond motifs is 1. The molecule has 0 bridgehead atoms. The van der Waals surface area contributed by atoms with E-state index in [1.54, 1.807) is 24.3 Å². The fraction of sp³-hybridized carbons (Fsp3) is 0.227. The van der Waals surface area contributed by atoms with Crippen LogP contribution in [0.5, 0.6) is 0 Å². The molecule has 3 aromatic rings. The summed E-state index contributed by atoms with van der Waals surface area (Å²) in [5, 5.41) is 10.2. The molecule has 2 atom stereocenters. The second-order valence-corrected chi connectivity index (χ2v) is 8.00. The van der Waals surface area contributed by atoms with Crippen LogP contribution in [0.1, 0.15) is 17.0 Å². The number of rotatable bonds is 4. The van der Waals surface area contributed by atoms with E-state index in [0.29, 0.717) is 28.1 Å². The van der Waals surface area contributed by atoms with Gasteiger partial charge in [0.05, 0.1) is 12.2 Å². The summed E-state index contributed by atoms with van der Waals surface area (Å²) < 4.78 is 5.83.